The molecule has 406 valence electrons. The normalized spacial score (nSPS) is 12.5. The van der Waals surface area contributed by atoms with E-state index in [4.69, 9.17) is 0 Å². The minimum atomic E-state index is -0.492. The van der Waals surface area contributed by atoms with Gasteiger partial charge in [0.2, 0.25) is 0 Å². The van der Waals surface area contributed by atoms with Gasteiger partial charge in [-0.1, -0.05) is 273 Å². The first-order chi connectivity index (χ1) is 43.1. The van der Waals surface area contributed by atoms with E-state index in [0.29, 0.717) is 0 Å². The van der Waals surface area contributed by atoms with Gasteiger partial charge in [0, 0.05) is 32.9 Å². The van der Waals surface area contributed by atoms with Crippen LogP contribution in [0.2, 0.25) is 0 Å². The van der Waals surface area contributed by atoms with E-state index >= 15 is 0 Å². The maximum atomic E-state index is 2.43. The van der Waals surface area contributed by atoms with Crippen LogP contribution in [0.4, 0.5) is 0 Å². The highest BCUT2D eigenvalue weighted by molar-refractivity contribution is 6.13. The van der Waals surface area contributed by atoms with Crippen molar-refractivity contribution in [1.82, 2.24) is 9.13 Å². The maximum absolute atomic E-state index is 2.43. The molecule has 2 nitrogen and oxygen atoms in total. The number of hydrogen-bond donors (Lipinski definition) is 0. The zero-order chi connectivity index (χ0) is 57.4. The molecule has 87 heavy (non-hydrogen) atoms. The lowest BCUT2D eigenvalue weighted by molar-refractivity contribution is 0.769. The molecule has 2 heterocycles. The molecule has 0 fully saturated rings. The van der Waals surface area contributed by atoms with Gasteiger partial charge >= 0.3 is 0 Å². The molecule has 2 aromatic heterocycles. The molecule has 14 aromatic carbocycles. The third kappa shape index (κ3) is 8.25. The average molecular weight is 1110 g/mol. The zero-order valence-electron chi connectivity index (χ0n) is 47.7. The molecule has 0 unspecified atom stereocenters. The van der Waals surface area contributed by atoms with Crippen LogP contribution in [0.15, 0.2) is 340 Å². The smallest absolute Gasteiger partial charge is 0.0713 e. The first kappa shape index (κ1) is 50.2. The van der Waals surface area contributed by atoms with Gasteiger partial charge < -0.3 is 9.13 Å². The lowest BCUT2D eigenvalue weighted by Gasteiger charge is -2.34. The highest BCUT2D eigenvalue weighted by Crippen LogP contribution is 2.56. The fraction of sp³-hybridized carbons (Fsp3) is 0.0118. The first-order valence-corrected chi connectivity index (χ1v) is 30.1. The Morgan fingerprint density at radius 1 is 0.184 bits per heavy atom. The zero-order valence-corrected chi connectivity index (χ0v) is 47.7. The van der Waals surface area contributed by atoms with Gasteiger partial charge in [0.1, 0.15) is 0 Å². The Morgan fingerprint density at radius 2 is 0.506 bits per heavy atom. The second-order valence-corrected chi connectivity index (χ2v) is 23.2. The highest BCUT2D eigenvalue weighted by atomic mass is 15.0. The summed E-state index contributed by atoms with van der Waals surface area (Å²) in [6.07, 6.45) is 0. The largest absolute Gasteiger partial charge is 0.309 e. The monoisotopic (exact) mass is 1100 g/mol. The van der Waals surface area contributed by atoms with E-state index in [0.717, 1.165) is 11.4 Å². The van der Waals surface area contributed by atoms with Gasteiger partial charge in [-0.25, -0.2) is 0 Å². The van der Waals surface area contributed by atoms with E-state index in [1.165, 1.54) is 144 Å². The van der Waals surface area contributed by atoms with Crippen molar-refractivity contribution < 1.29 is 0 Å². The first-order valence-electron chi connectivity index (χ1n) is 30.1. The molecule has 0 saturated carbocycles. The van der Waals surface area contributed by atoms with Crippen molar-refractivity contribution in [3.63, 3.8) is 0 Å². The number of aromatic nitrogens is 2. The van der Waals surface area contributed by atoms with Gasteiger partial charge in [0.25, 0.3) is 0 Å². The lowest BCUT2D eigenvalue weighted by Crippen LogP contribution is -2.28. The number of fused-ring (bicyclic) bond motifs is 9. The summed E-state index contributed by atoms with van der Waals surface area (Å²) in [6, 6.07) is 125. The molecule has 1 aliphatic carbocycles. The van der Waals surface area contributed by atoms with Crippen molar-refractivity contribution in [2.24, 2.45) is 0 Å². The summed E-state index contributed by atoms with van der Waals surface area (Å²) in [5.41, 5.74) is 28.6. The summed E-state index contributed by atoms with van der Waals surface area (Å²) >= 11 is 0. The van der Waals surface area contributed by atoms with Crippen LogP contribution in [-0.2, 0) is 5.41 Å². The van der Waals surface area contributed by atoms with Crippen LogP contribution in [0.5, 0.6) is 0 Å². The topological polar surface area (TPSA) is 9.86 Å². The van der Waals surface area contributed by atoms with Crippen LogP contribution in [0.3, 0.4) is 0 Å². The van der Waals surface area contributed by atoms with Crippen LogP contribution >= 0.6 is 0 Å². The predicted octanol–water partition coefficient (Wildman–Crippen LogP) is 22.2. The van der Waals surface area contributed by atoms with Crippen LogP contribution < -0.4 is 0 Å². The summed E-state index contributed by atoms with van der Waals surface area (Å²) in [5, 5.41) is 4.95. The molecule has 0 radical (unpaired) electrons. The summed E-state index contributed by atoms with van der Waals surface area (Å²) in [5.74, 6) is 0. The van der Waals surface area contributed by atoms with Gasteiger partial charge in [0.15, 0.2) is 0 Å². The summed E-state index contributed by atoms with van der Waals surface area (Å²) in [4.78, 5) is 0. The maximum Gasteiger partial charge on any atom is 0.0713 e. The molecule has 17 rings (SSSR count). The fourth-order valence-electron chi connectivity index (χ4n) is 14.4. The lowest BCUT2D eigenvalue weighted by atomic mass is 9.67. The van der Waals surface area contributed by atoms with E-state index in [-0.39, 0.29) is 0 Å². The average Bonchev–Trinajstić information content (AvgIpc) is 1.78. The number of benzene rings is 14. The van der Waals surface area contributed by atoms with Crippen LogP contribution in [-0.4, -0.2) is 9.13 Å². The molecule has 0 aliphatic heterocycles. The number of para-hydroxylation sites is 2. The molecule has 0 bridgehead atoms. The summed E-state index contributed by atoms with van der Waals surface area (Å²) < 4.78 is 4.84. The highest BCUT2D eigenvalue weighted by Gasteiger charge is 2.46. The second-order valence-electron chi connectivity index (χ2n) is 23.2. The Kier molecular flexibility index (Phi) is 11.8. The second kappa shape index (κ2) is 20.5. The van der Waals surface area contributed by atoms with E-state index in [9.17, 15) is 0 Å². The van der Waals surface area contributed by atoms with Gasteiger partial charge in [-0.3, -0.25) is 0 Å². The molecule has 0 saturated heterocycles. The Hall–Kier alpha value is -11.3. The molecule has 0 N–H and O–H groups in total. The molecule has 0 spiro atoms. The van der Waals surface area contributed by atoms with Gasteiger partial charge in [-0.05, 0) is 167 Å². The minimum Gasteiger partial charge on any atom is -0.309 e. The van der Waals surface area contributed by atoms with Gasteiger partial charge in [0.05, 0.1) is 27.5 Å². The molecule has 0 atom stereocenters. The Labute approximate surface area is 506 Å². The molecular formula is C85H56N2. The minimum absolute atomic E-state index is 0.492. The van der Waals surface area contributed by atoms with Crippen molar-refractivity contribution in [2.45, 2.75) is 5.41 Å². The van der Waals surface area contributed by atoms with Crippen molar-refractivity contribution in [3.05, 3.63) is 362 Å². The Balaban J connectivity index is 0.667. The molecule has 1 aliphatic rings. The van der Waals surface area contributed by atoms with Gasteiger partial charge in [-0.15, -0.1) is 0 Å². The van der Waals surface area contributed by atoms with Gasteiger partial charge in [-0.2, -0.15) is 0 Å². The fourth-order valence-corrected chi connectivity index (χ4v) is 14.4. The van der Waals surface area contributed by atoms with Crippen molar-refractivity contribution >= 4 is 43.6 Å². The predicted molar refractivity (Wildman–Crippen MR) is 365 cm³/mol. The number of rotatable bonds is 10. The standard InChI is InChI=1S/C85H56N2/c1-3-18-57(19-4-1)61-44-48-69(49-45-61)85(79-32-11-7-28-73(79)74-29-8-12-33-80(74)85)70-25-15-22-64(52-70)62-40-36-59(37-41-62)60-38-42-63(43-39-60)66-24-17-27-72(54-66)87-82-35-14-10-31-76(82)78-56-68(47-51-84(78)87)67-46-50-83-77(55-67)75-30-9-13-34-81(75)86(83)71-26-16-23-65(53-71)58-20-5-2-6-21-58/h1-56H. The van der Waals surface area contributed by atoms with E-state index in [1.54, 1.807) is 0 Å². The van der Waals surface area contributed by atoms with E-state index in [1.807, 2.05) is 0 Å². The van der Waals surface area contributed by atoms with E-state index in [2.05, 4.69) is 349 Å². The quantitative estimate of drug-likeness (QED) is 0.129. The molecular weight excluding hydrogens is 1050 g/mol. The van der Waals surface area contributed by atoms with Crippen molar-refractivity contribution in [1.29, 1.82) is 0 Å². The third-order valence-electron chi connectivity index (χ3n) is 18.4. The molecule has 16 aromatic rings. The Bertz CT molecular complexity index is 5250. The number of hydrogen-bond acceptors (Lipinski definition) is 0. The van der Waals surface area contributed by atoms with E-state index < -0.39 is 5.41 Å². The summed E-state index contributed by atoms with van der Waals surface area (Å²) in [7, 11) is 0. The Morgan fingerprint density at radius 3 is 0.989 bits per heavy atom. The summed E-state index contributed by atoms with van der Waals surface area (Å²) in [6.45, 7) is 0. The third-order valence-corrected chi connectivity index (χ3v) is 18.4. The molecule has 0 amide bonds. The van der Waals surface area contributed by atoms with Crippen LogP contribution in [0, 0.1) is 0 Å². The SMILES string of the molecule is c1ccc(-c2ccc(C3(c4cccc(-c5ccc(-c6ccc(-c7cccc(-n8c9ccccc9c9cc(-c%10ccc%11c(c%10)c%10ccccc%10n%11-c%10cccc(-c%11ccccc%11)c%10)ccc98)c7)cc6)cc5)c4)c4ccccc4-c4ccccc43)cc2)cc1. The van der Waals surface area contributed by atoms with Crippen LogP contribution in [0.1, 0.15) is 22.3 Å². The van der Waals surface area contributed by atoms with Crippen LogP contribution in [0.25, 0.3) is 133 Å². The number of nitrogens with zero attached hydrogens (tertiary/aromatic N) is 2. The van der Waals surface area contributed by atoms with Crippen molar-refractivity contribution in [3.8, 4) is 89.3 Å². The molecule has 2 heteroatoms. The van der Waals surface area contributed by atoms with Crippen molar-refractivity contribution in [2.75, 3.05) is 0 Å².